The smallest absolute Gasteiger partial charge is 0.262 e. The van der Waals surface area contributed by atoms with Crippen LogP contribution in [0.2, 0.25) is 0 Å². The van der Waals surface area contributed by atoms with Crippen LogP contribution >= 0.6 is 0 Å². The first-order valence-corrected chi connectivity index (χ1v) is 9.50. The molecule has 29 heavy (non-hydrogen) atoms. The molecule has 1 atom stereocenters. The second kappa shape index (κ2) is 8.07. The Hall–Kier alpha value is -3.78. The third kappa shape index (κ3) is 3.78. The van der Waals surface area contributed by atoms with Crippen molar-refractivity contribution in [1.82, 2.24) is 5.32 Å². The average molecular weight is 383 g/mol. The molecule has 0 saturated heterocycles. The maximum atomic E-state index is 12.1. The first kappa shape index (κ1) is 18.6. The molecule has 1 aliphatic heterocycles. The van der Waals surface area contributed by atoms with E-state index in [0.29, 0.717) is 24.4 Å². The third-order valence-corrected chi connectivity index (χ3v) is 5.09. The summed E-state index contributed by atoms with van der Waals surface area (Å²) in [5.41, 5.74) is 4.70. The number of benzene rings is 3. The molecule has 0 saturated carbocycles. The van der Waals surface area contributed by atoms with Crippen molar-refractivity contribution in [3.8, 4) is 22.9 Å². The molecule has 0 fully saturated rings. The summed E-state index contributed by atoms with van der Waals surface area (Å²) in [5.74, 6) is 0.583. The summed E-state index contributed by atoms with van der Waals surface area (Å²) in [5, 5.41) is 12.0. The number of carbonyl (C=O) groups is 1. The van der Waals surface area contributed by atoms with Crippen LogP contribution in [0.1, 0.15) is 11.1 Å². The number of para-hydroxylation sites is 2. The number of nitrogens with zero attached hydrogens (tertiary/aromatic N) is 2. The number of ether oxygens (including phenoxy) is 1. The van der Waals surface area contributed by atoms with Gasteiger partial charge in [-0.05, 0) is 34.9 Å². The lowest BCUT2D eigenvalue weighted by Crippen LogP contribution is -2.47. The minimum Gasteiger partial charge on any atom is -0.477 e. The Balaban J connectivity index is 1.59. The van der Waals surface area contributed by atoms with E-state index in [1.165, 1.54) is 0 Å². The lowest BCUT2D eigenvalue weighted by atomic mass is 9.99. The van der Waals surface area contributed by atoms with Gasteiger partial charge in [0, 0.05) is 13.6 Å². The van der Waals surface area contributed by atoms with Gasteiger partial charge >= 0.3 is 0 Å². The summed E-state index contributed by atoms with van der Waals surface area (Å²) in [4.78, 5) is 14.3. The molecule has 0 spiro atoms. The van der Waals surface area contributed by atoms with Crippen molar-refractivity contribution in [2.45, 2.75) is 12.6 Å². The molecule has 5 heteroatoms. The maximum Gasteiger partial charge on any atom is 0.262 e. The molecule has 4 rings (SSSR count). The summed E-state index contributed by atoms with van der Waals surface area (Å²) in [7, 11) is 1.62. The van der Waals surface area contributed by atoms with E-state index in [1.54, 1.807) is 7.05 Å². The van der Waals surface area contributed by atoms with Gasteiger partial charge in [-0.15, -0.1) is 0 Å². The Kier molecular flexibility index (Phi) is 5.17. The van der Waals surface area contributed by atoms with Crippen LogP contribution in [-0.2, 0) is 11.3 Å². The lowest BCUT2D eigenvalue weighted by molar-refractivity contribution is -0.127. The van der Waals surface area contributed by atoms with Crippen molar-refractivity contribution in [2.75, 3.05) is 18.5 Å². The van der Waals surface area contributed by atoms with Gasteiger partial charge in [-0.1, -0.05) is 54.6 Å². The quantitative estimate of drug-likeness (QED) is 0.745. The molecule has 1 heterocycles. The highest BCUT2D eigenvalue weighted by atomic mass is 16.5. The van der Waals surface area contributed by atoms with Crippen LogP contribution < -0.4 is 15.0 Å². The number of amides is 1. The fourth-order valence-corrected chi connectivity index (χ4v) is 3.60. The number of fused-ring (bicyclic) bond motifs is 1. The monoisotopic (exact) mass is 383 g/mol. The highest BCUT2D eigenvalue weighted by Gasteiger charge is 2.30. The van der Waals surface area contributed by atoms with Gasteiger partial charge in [0.2, 0.25) is 0 Å². The predicted octanol–water partition coefficient (Wildman–Crippen LogP) is 3.74. The Labute approximate surface area is 170 Å². The van der Waals surface area contributed by atoms with Gasteiger partial charge in [0.25, 0.3) is 5.91 Å². The van der Waals surface area contributed by atoms with Gasteiger partial charge in [0.05, 0.1) is 23.9 Å². The molecule has 0 aliphatic carbocycles. The van der Waals surface area contributed by atoms with E-state index >= 15 is 0 Å². The molecule has 1 amide bonds. The Morgan fingerprint density at radius 2 is 1.83 bits per heavy atom. The molecule has 144 valence electrons. The lowest BCUT2D eigenvalue weighted by Gasteiger charge is -2.35. The summed E-state index contributed by atoms with van der Waals surface area (Å²) in [6.07, 6.45) is -0.545. The van der Waals surface area contributed by atoms with E-state index in [0.717, 1.165) is 22.4 Å². The minimum atomic E-state index is -0.545. The van der Waals surface area contributed by atoms with Crippen LogP contribution in [0.5, 0.6) is 5.75 Å². The maximum absolute atomic E-state index is 12.1. The molecule has 1 aliphatic rings. The summed E-state index contributed by atoms with van der Waals surface area (Å²) in [6.45, 7) is 1.14. The standard InChI is InChI=1S/C24H21N3O2/c1-26-24(28)23-16-27(21-8-4-5-9-22(21)29-23)15-17-10-12-18(13-11-17)20-7-3-2-6-19(20)14-25/h2-13,23H,15-16H2,1H3,(H,26,28). The molecule has 1 N–H and O–H groups in total. The molecule has 0 bridgehead atoms. The first-order valence-electron chi connectivity index (χ1n) is 9.50. The van der Waals surface area contributed by atoms with Crippen LogP contribution in [0.4, 0.5) is 5.69 Å². The Morgan fingerprint density at radius 3 is 2.59 bits per heavy atom. The molecule has 0 aromatic heterocycles. The fourth-order valence-electron chi connectivity index (χ4n) is 3.60. The van der Waals surface area contributed by atoms with E-state index in [2.05, 4.69) is 28.4 Å². The zero-order chi connectivity index (χ0) is 20.2. The molecule has 3 aromatic carbocycles. The molecule has 1 unspecified atom stereocenters. The van der Waals surface area contributed by atoms with Gasteiger partial charge in [-0.2, -0.15) is 5.26 Å². The summed E-state index contributed by atoms with van der Waals surface area (Å²) in [6, 6.07) is 25.8. The fraction of sp³-hybridized carbons (Fsp3) is 0.167. The second-order valence-corrected chi connectivity index (χ2v) is 6.92. The van der Waals surface area contributed by atoms with Crippen LogP contribution in [0.25, 0.3) is 11.1 Å². The Morgan fingerprint density at radius 1 is 1.10 bits per heavy atom. The Bertz CT molecular complexity index is 1070. The predicted molar refractivity (Wildman–Crippen MR) is 113 cm³/mol. The number of hydrogen-bond acceptors (Lipinski definition) is 4. The van der Waals surface area contributed by atoms with Gasteiger partial charge in [0.15, 0.2) is 6.10 Å². The SMILES string of the molecule is CNC(=O)C1CN(Cc2ccc(-c3ccccc3C#N)cc2)c2ccccc2O1. The van der Waals surface area contributed by atoms with Crippen LogP contribution in [-0.4, -0.2) is 25.6 Å². The normalized spacial score (nSPS) is 15.0. The highest BCUT2D eigenvalue weighted by molar-refractivity contribution is 5.83. The van der Waals surface area contributed by atoms with Gasteiger partial charge < -0.3 is 15.0 Å². The molecular formula is C24H21N3O2. The number of anilines is 1. The van der Waals surface area contributed by atoms with Crippen molar-refractivity contribution >= 4 is 11.6 Å². The number of carbonyl (C=O) groups excluding carboxylic acids is 1. The molecule has 0 radical (unpaired) electrons. The number of nitrogens with one attached hydrogen (secondary N) is 1. The van der Waals surface area contributed by atoms with Crippen LogP contribution in [0.3, 0.4) is 0 Å². The van der Waals surface area contributed by atoms with Gasteiger partial charge in [-0.3, -0.25) is 4.79 Å². The number of nitriles is 1. The number of likely N-dealkylation sites (N-methyl/N-ethyl adjacent to an activating group) is 1. The summed E-state index contributed by atoms with van der Waals surface area (Å²) < 4.78 is 5.87. The zero-order valence-electron chi connectivity index (χ0n) is 16.1. The third-order valence-electron chi connectivity index (χ3n) is 5.09. The average Bonchev–Trinajstić information content (AvgIpc) is 2.79. The topological polar surface area (TPSA) is 65.4 Å². The van der Waals surface area contributed by atoms with Crippen molar-refractivity contribution in [1.29, 1.82) is 5.26 Å². The highest BCUT2D eigenvalue weighted by Crippen LogP contribution is 2.34. The van der Waals surface area contributed by atoms with Crippen molar-refractivity contribution in [3.05, 3.63) is 83.9 Å². The molecule has 5 nitrogen and oxygen atoms in total. The number of rotatable bonds is 4. The first-order chi connectivity index (χ1) is 14.2. The van der Waals surface area contributed by atoms with Crippen LogP contribution in [0, 0.1) is 11.3 Å². The summed E-state index contributed by atoms with van der Waals surface area (Å²) >= 11 is 0. The van der Waals surface area contributed by atoms with Crippen molar-refractivity contribution in [2.24, 2.45) is 0 Å². The largest absolute Gasteiger partial charge is 0.477 e. The van der Waals surface area contributed by atoms with E-state index in [4.69, 9.17) is 4.74 Å². The molecule has 3 aromatic rings. The minimum absolute atomic E-state index is 0.132. The van der Waals surface area contributed by atoms with Crippen LogP contribution in [0.15, 0.2) is 72.8 Å². The van der Waals surface area contributed by atoms with E-state index in [-0.39, 0.29) is 5.91 Å². The zero-order valence-corrected chi connectivity index (χ0v) is 16.1. The van der Waals surface area contributed by atoms with E-state index in [9.17, 15) is 10.1 Å². The van der Waals surface area contributed by atoms with Crippen molar-refractivity contribution in [3.63, 3.8) is 0 Å². The van der Waals surface area contributed by atoms with E-state index in [1.807, 2.05) is 60.7 Å². The van der Waals surface area contributed by atoms with E-state index < -0.39 is 6.10 Å². The van der Waals surface area contributed by atoms with Crippen molar-refractivity contribution < 1.29 is 9.53 Å². The second-order valence-electron chi connectivity index (χ2n) is 6.92. The van der Waals surface area contributed by atoms with Gasteiger partial charge in [0.1, 0.15) is 5.75 Å². The number of hydrogen-bond donors (Lipinski definition) is 1. The molecular weight excluding hydrogens is 362 g/mol. The van der Waals surface area contributed by atoms with Gasteiger partial charge in [-0.25, -0.2) is 0 Å².